The maximum absolute atomic E-state index is 12.3. The van der Waals surface area contributed by atoms with Gasteiger partial charge in [-0.15, -0.1) is 0 Å². The van der Waals surface area contributed by atoms with Gasteiger partial charge in [0.15, 0.2) is 0 Å². The Morgan fingerprint density at radius 3 is 2.75 bits per heavy atom. The second-order valence-electron chi connectivity index (χ2n) is 5.03. The predicted octanol–water partition coefficient (Wildman–Crippen LogP) is 0.562. The first-order valence-electron chi connectivity index (χ1n) is 6.16. The summed E-state index contributed by atoms with van der Waals surface area (Å²) < 4.78 is 32.8. The summed E-state index contributed by atoms with van der Waals surface area (Å²) in [4.78, 5) is 4.16. The van der Waals surface area contributed by atoms with Gasteiger partial charge in [-0.1, -0.05) is 12.2 Å². The van der Waals surface area contributed by atoms with Gasteiger partial charge in [0.25, 0.3) is 0 Å². The van der Waals surface area contributed by atoms with Crippen molar-refractivity contribution < 1.29 is 13.2 Å². The summed E-state index contributed by atoms with van der Waals surface area (Å²) in [7, 11) is -3.65. The number of hydrogen-bond acceptors (Lipinski definition) is 5. The molecular formula is C12H17N3O3S2. The zero-order chi connectivity index (χ0) is 15.0. The molecule has 0 spiro atoms. The Hall–Kier alpha value is -1.09. The van der Waals surface area contributed by atoms with Crippen LogP contribution in [0.1, 0.15) is 26.0 Å². The van der Waals surface area contributed by atoms with Crippen molar-refractivity contribution in [2.24, 2.45) is 5.73 Å². The van der Waals surface area contributed by atoms with Gasteiger partial charge in [-0.3, -0.25) is 4.98 Å². The zero-order valence-corrected chi connectivity index (χ0v) is 12.9. The van der Waals surface area contributed by atoms with Crippen molar-refractivity contribution in [1.29, 1.82) is 0 Å². The molecule has 1 aliphatic rings. The number of pyridine rings is 1. The first-order chi connectivity index (χ1) is 9.24. The van der Waals surface area contributed by atoms with Crippen molar-refractivity contribution in [3.05, 3.63) is 24.0 Å². The maximum Gasteiger partial charge on any atom is 0.242 e. The molecule has 0 saturated carbocycles. The standard InChI is InChI=1S/C12H17N3O3S2/c1-8-12(2,5-6-18-8)15-20(16,17)9-3-4-10(11(13)19)14-7-9/h3-4,7-8,15H,5-6H2,1-2H3,(H2,13,19). The number of ether oxygens (including phenoxy) is 1. The molecule has 0 radical (unpaired) electrons. The molecule has 2 heterocycles. The molecule has 1 aromatic heterocycles. The second-order valence-corrected chi connectivity index (χ2v) is 7.15. The molecule has 3 N–H and O–H groups in total. The van der Waals surface area contributed by atoms with Crippen LogP contribution >= 0.6 is 12.2 Å². The van der Waals surface area contributed by atoms with E-state index in [-0.39, 0.29) is 16.0 Å². The lowest BCUT2D eigenvalue weighted by molar-refractivity contribution is 0.0957. The van der Waals surface area contributed by atoms with Crippen LogP contribution < -0.4 is 10.5 Å². The Bertz CT molecular complexity index is 615. The summed E-state index contributed by atoms with van der Waals surface area (Å²) in [6.45, 7) is 4.22. The molecular weight excluding hydrogens is 298 g/mol. The van der Waals surface area contributed by atoms with Crippen molar-refractivity contribution in [1.82, 2.24) is 9.71 Å². The molecule has 2 unspecified atom stereocenters. The van der Waals surface area contributed by atoms with E-state index in [0.29, 0.717) is 18.7 Å². The fraction of sp³-hybridized carbons (Fsp3) is 0.500. The number of thiocarbonyl (C=S) groups is 1. The fourth-order valence-corrected chi connectivity index (χ4v) is 3.58. The van der Waals surface area contributed by atoms with E-state index in [9.17, 15) is 8.42 Å². The highest BCUT2D eigenvalue weighted by atomic mass is 32.2. The van der Waals surface area contributed by atoms with Crippen LogP contribution in [0.15, 0.2) is 23.2 Å². The highest BCUT2D eigenvalue weighted by molar-refractivity contribution is 7.89. The molecule has 1 aromatic rings. The highest BCUT2D eigenvalue weighted by Crippen LogP contribution is 2.27. The van der Waals surface area contributed by atoms with Crippen LogP contribution in [0.5, 0.6) is 0 Å². The fourth-order valence-electron chi connectivity index (χ4n) is 2.02. The molecule has 0 bridgehead atoms. The van der Waals surface area contributed by atoms with Crippen molar-refractivity contribution in [3.63, 3.8) is 0 Å². The van der Waals surface area contributed by atoms with Crippen molar-refractivity contribution in [3.8, 4) is 0 Å². The van der Waals surface area contributed by atoms with Crippen molar-refractivity contribution in [2.75, 3.05) is 6.61 Å². The normalized spacial score (nSPS) is 26.6. The number of rotatable bonds is 4. The van der Waals surface area contributed by atoms with Crippen LogP contribution in [0.4, 0.5) is 0 Å². The summed E-state index contributed by atoms with van der Waals surface area (Å²) in [5.41, 5.74) is 5.21. The van der Waals surface area contributed by atoms with E-state index >= 15 is 0 Å². The van der Waals surface area contributed by atoms with Crippen LogP contribution in [-0.4, -0.2) is 36.6 Å². The lowest BCUT2D eigenvalue weighted by atomic mass is 9.97. The van der Waals surface area contributed by atoms with Gasteiger partial charge in [0.2, 0.25) is 10.0 Å². The molecule has 0 aliphatic carbocycles. The number of sulfonamides is 1. The third-order valence-corrected chi connectivity index (χ3v) is 5.36. The molecule has 1 saturated heterocycles. The number of nitrogens with one attached hydrogen (secondary N) is 1. The Morgan fingerprint density at radius 1 is 1.60 bits per heavy atom. The third-order valence-electron chi connectivity index (χ3n) is 3.55. The minimum absolute atomic E-state index is 0.0813. The van der Waals surface area contributed by atoms with Gasteiger partial charge in [0.1, 0.15) is 9.88 Å². The number of nitrogens with zero attached hydrogens (tertiary/aromatic N) is 1. The minimum atomic E-state index is -3.65. The molecule has 110 valence electrons. The number of aromatic nitrogens is 1. The van der Waals surface area contributed by atoms with E-state index in [2.05, 4.69) is 9.71 Å². The first-order valence-corrected chi connectivity index (χ1v) is 8.05. The summed E-state index contributed by atoms with van der Waals surface area (Å²) >= 11 is 4.78. The van der Waals surface area contributed by atoms with Crippen LogP contribution in [0.3, 0.4) is 0 Å². The maximum atomic E-state index is 12.3. The topological polar surface area (TPSA) is 94.3 Å². The average Bonchev–Trinajstić information content (AvgIpc) is 2.68. The van der Waals surface area contributed by atoms with E-state index < -0.39 is 15.6 Å². The third kappa shape index (κ3) is 2.98. The van der Waals surface area contributed by atoms with Gasteiger partial charge >= 0.3 is 0 Å². The molecule has 20 heavy (non-hydrogen) atoms. The van der Waals surface area contributed by atoms with Gasteiger partial charge in [-0.2, -0.15) is 0 Å². The predicted molar refractivity (Wildman–Crippen MR) is 78.9 cm³/mol. The molecule has 1 aliphatic heterocycles. The van der Waals surface area contributed by atoms with Gasteiger partial charge in [0.05, 0.1) is 17.3 Å². The second kappa shape index (κ2) is 5.36. The van der Waals surface area contributed by atoms with Gasteiger partial charge in [-0.25, -0.2) is 13.1 Å². The Labute approximate surface area is 123 Å². The van der Waals surface area contributed by atoms with Gasteiger partial charge in [0, 0.05) is 12.8 Å². The van der Waals surface area contributed by atoms with Crippen molar-refractivity contribution in [2.45, 2.75) is 36.8 Å². The van der Waals surface area contributed by atoms with Crippen LogP contribution in [0, 0.1) is 0 Å². The monoisotopic (exact) mass is 315 g/mol. The van der Waals surface area contributed by atoms with Gasteiger partial charge in [-0.05, 0) is 32.4 Å². The highest BCUT2D eigenvalue weighted by Gasteiger charge is 2.40. The Balaban J connectivity index is 2.24. The lowest BCUT2D eigenvalue weighted by Gasteiger charge is -2.28. The van der Waals surface area contributed by atoms with Crippen LogP contribution in [-0.2, 0) is 14.8 Å². The van der Waals surface area contributed by atoms with Gasteiger partial charge < -0.3 is 10.5 Å². The molecule has 8 heteroatoms. The summed E-state index contributed by atoms with van der Waals surface area (Å²) in [6.07, 6.45) is 1.70. The first kappa shape index (κ1) is 15.3. The molecule has 0 amide bonds. The Morgan fingerprint density at radius 2 is 2.30 bits per heavy atom. The molecule has 1 fully saturated rings. The van der Waals surface area contributed by atoms with E-state index in [1.54, 1.807) is 0 Å². The van der Waals surface area contributed by atoms with E-state index in [1.807, 2.05) is 13.8 Å². The molecule has 2 rings (SSSR count). The summed E-state index contributed by atoms with van der Waals surface area (Å²) in [5, 5.41) is 0. The number of nitrogens with two attached hydrogens (primary N) is 1. The molecule has 0 aromatic carbocycles. The molecule has 6 nitrogen and oxygen atoms in total. The SMILES string of the molecule is CC1OCCC1(C)NS(=O)(=O)c1ccc(C(N)=S)nc1. The summed E-state index contributed by atoms with van der Waals surface area (Å²) in [6, 6.07) is 2.93. The largest absolute Gasteiger partial charge is 0.388 e. The van der Waals surface area contributed by atoms with Crippen LogP contribution in [0.2, 0.25) is 0 Å². The van der Waals surface area contributed by atoms with E-state index in [4.69, 9.17) is 22.7 Å². The lowest BCUT2D eigenvalue weighted by Crippen LogP contribution is -2.50. The smallest absolute Gasteiger partial charge is 0.242 e. The Kier molecular flexibility index (Phi) is 4.10. The molecule has 2 atom stereocenters. The summed E-state index contributed by atoms with van der Waals surface area (Å²) in [5.74, 6) is 0. The van der Waals surface area contributed by atoms with Crippen molar-refractivity contribution >= 4 is 27.2 Å². The van der Waals surface area contributed by atoms with Crippen LogP contribution in [0.25, 0.3) is 0 Å². The van der Waals surface area contributed by atoms with E-state index in [1.165, 1.54) is 18.3 Å². The average molecular weight is 315 g/mol. The quantitative estimate of drug-likeness (QED) is 0.789. The zero-order valence-electron chi connectivity index (χ0n) is 11.3. The van der Waals surface area contributed by atoms with E-state index in [0.717, 1.165) is 0 Å². The minimum Gasteiger partial charge on any atom is -0.388 e. The number of hydrogen-bond donors (Lipinski definition) is 2.